The number of alkyl halides is 12. The smallest absolute Gasteiger partial charge is 0.192 e. The average molecular weight is 432 g/mol. The van der Waals surface area contributed by atoms with Gasteiger partial charge in [0.1, 0.15) is 0 Å². The third kappa shape index (κ3) is 3.37. The van der Waals surface area contributed by atoms with Crippen LogP contribution in [-0.4, -0.2) is 45.6 Å². The number of hydrogen-bond acceptors (Lipinski definition) is 5. The Morgan fingerprint density at radius 3 is 1.12 bits per heavy atom. The van der Waals surface area contributed by atoms with Gasteiger partial charge in [-0.1, -0.05) is 0 Å². The number of rotatable bonds is 5. The summed E-state index contributed by atoms with van der Waals surface area (Å²) >= 11 is 0. The van der Waals surface area contributed by atoms with Crippen LogP contribution in [0, 0.1) is 0 Å². The Morgan fingerprint density at radius 1 is 0.542 bits per heavy atom. The van der Waals surface area contributed by atoms with Crippen molar-refractivity contribution in [1.82, 2.24) is 0 Å². The molecule has 0 bridgehead atoms. The molecule has 0 aromatic rings. The molecule has 0 aliphatic carbocycles. The molecule has 5 nitrogen and oxygen atoms in total. The molecule has 0 aliphatic heterocycles. The maximum atomic E-state index is 12.8. The summed E-state index contributed by atoms with van der Waals surface area (Å²) in [6, 6.07) is 0. The Hall–Kier alpha value is -0.980. The lowest BCUT2D eigenvalue weighted by molar-refractivity contribution is -0.382. The van der Waals surface area contributed by atoms with Crippen molar-refractivity contribution in [3.8, 4) is 0 Å². The summed E-state index contributed by atoms with van der Waals surface area (Å²) in [6.45, 7) is 0. The first-order valence-electron chi connectivity index (χ1n) is 4.43. The van der Waals surface area contributed by atoms with E-state index in [9.17, 15) is 69.5 Å². The lowest BCUT2D eigenvalue weighted by Crippen LogP contribution is -2.63. The molecule has 0 atom stereocenters. The second-order valence-corrected chi connectivity index (χ2v) is 6.92. The van der Waals surface area contributed by atoms with Crippen molar-refractivity contribution >= 4 is 20.2 Å². The van der Waals surface area contributed by atoms with E-state index in [-0.39, 0.29) is 0 Å². The van der Waals surface area contributed by atoms with E-state index in [1.54, 1.807) is 3.63 Å². The summed E-state index contributed by atoms with van der Waals surface area (Å²) in [5, 5.41) is -7.72. The summed E-state index contributed by atoms with van der Waals surface area (Å²) in [4.78, 5) is 0. The highest BCUT2D eigenvalue weighted by Crippen LogP contribution is 2.55. The average Bonchev–Trinajstić information content (AvgIpc) is 2.23. The van der Waals surface area contributed by atoms with Gasteiger partial charge in [-0.05, 0) is 0 Å². The van der Waals surface area contributed by atoms with E-state index in [4.69, 9.17) is 0 Å². The molecule has 0 rings (SSSR count). The molecule has 0 N–H and O–H groups in total. The third-order valence-electron chi connectivity index (χ3n) is 1.89. The zero-order valence-electron chi connectivity index (χ0n) is 9.89. The van der Waals surface area contributed by atoms with Crippen molar-refractivity contribution in [2.75, 3.05) is 0 Å². The molecule has 0 saturated carbocycles. The first kappa shape index (κ1) is 23.0. The van der Waals surface area contributed by atoms with Crippen LogP contribution in [0.1, 0.15) is 0 Å². The summed E-state index contributed by atoms with van der Waals surface area (Å²) in [7, 11) is -15.8. The number of halogens is 12. The summed E-state index contributed by atoms with van der Waals surface area (Å²) in [5.74, 6) is -15.7. The van der Waals surface area contributed by atoms with E-state index in [0.29, 0.717) is 0 Å². The molecule has 24 heavy (non-hydrogen) atoms. The molecule has 146 valence electrons. The van der Waals surface area contributed by atoms with E-state index in [0.717, 1.165) is 0 Å². The molecule has 19 heteroatoms. The van der Waals surface area contributed by atoms with E-state index in [1.165, 1.54) is 0 Å². The standard InChI is InChI=1S/C5F12O5S2/c6-1(7,3(10,11)12)2(8,9)4(13,14)23(18,19)22-24(20,21)5(15,16)17. The molecule has 0 radical (unpaired) electrons. The van der Waals surface area contributed by atoms with Gasteiger partial charge in [-0.3, -0.25) is 0 Å². The van der Waals surface area contributed by atoms with E-state index >= 15 is 0 Å². The first-order valence-corrected chi connectivity index (χ1v) is 7.24. The van der Waals surface area contributed by atoms with Gasteiger partial charge in [0, 0.05) is 0 Å². The van der Waals surface area contributed by atoms with Gasteiger partial charge >= 0.3 is 49.0 Å². The summed E-state index contributed by atoms with van der Waals surface area (Å²) < 4.78 is 189. The van der Waals surface area contributed by atoms with Crippen LogP contribution in [0.5, 0.6) is 0 Å². The quantitative estimate of drug-likeness (QED) is 0.493. The van der Waals surface area contributed by atoms with Crippen LogP contribution in [0.3, 0.4) is 0 Å². The fourth-order valence-corrected chi connectivity index (χ4v) is 2.75. The second kappa shape index (κ2) is 5.51. The van der Waals surface area contributed by atoms with E-state index in [2.05, 4.69) is 0 Å². The molecule has 0 aliphatic rings. The maximum absolute atomic E-state index is 12.8. The fraction of sp³-hybridized carbons (Fsp3) is 1.00. The minimum absolute atomic E-state index is 1.74. The highest BCUT2D eigenvalue weighted by molar-refractivity contribution is 8.00. The van der Waals surface area contributed by atoms with Crippen molar-refractivity contribution in [3.63, 3.8) is 0 Å². The highest BCUT2D eigenvalue weighted by Gasteiger charge is 2.86. The molecule has 0 amide bonds. The van der Waals surface area contributed by atoms with Gasteiger partial charge in [-0.2, -0.15) is 69.5 Å². The molecule has 0 spiro atoms. The highest BCUT2D eigenvalue weighted by atomic mass is 32.3. The van der Waals surface area contributed by atoms with Gasteiger partial charge in [0.05, 0.1) is 0 Å². The molecule has 0 aromatic carbocycles. The molecule has 0 fully saturated rings. The van der Waals surface area contributed by atoms with Gasteiger partial charge in [0.15, 0.2) is 0 Å². The molecular weight excluding hydrogens is 432 g/mol. The topological polar surface area (TPSA) is 77.5 Å². The zero-order valence-corrected chi connectivity index (χ0v) is 11.5. The van der Waals surface area contributed by atoms with Gasteiger partial charge in [0.25, 0.3) is 0 Å². The van der Waals surface area contributed by atoms with Crippen molar-refractivity contribution in [3.05, 3.63) is 0 Å². The lowest BCUT2D eigenvalue weighted by Gasteiger charge is -2.32. The minimum atomic E-state index is -8.17. The van der Waals surface area contributed by atoms with Crippen LogP contribution in [-0.2, 0) is 23.9 Å². The van der Waals surface area contributed by atoms with Gasteiger partial charge in [-0.15, -0.1) is 3.63 Å². The summed E-state index contributed by atoms with van der Waals surface area (Å²) in [5.41, 5.74) is -6.81. The zero-order chi connectivity index (χ0) is 20.2. The van der Waals surface area contributed by atoms with Crippen molar-refractivity contribution < 1.29 is 73.1 Å². The third-order valence-corrected chi connectivity index (χ3v) is 4.78. The molecule has 0 aromatic heterocycles. The van der Waals surface area contributed by atoms with E-state index in [1.807, 2.05) is 0 Å². The Labute approximate surface area is 123 Å². The SMILES string of the molecule is O=S(=O)(OS(=O)(=O)C(F)(F)C(F)(F)C(F)(F)C(F)(F)F)C(F)(F)F. The van der Waals surface area contributed by atoms with Gasteiger partial charge < -0.3 is 0 Å². The van der Waals surface area contributed by atoms with Crippen LogP contribution in [0.4, 0.5) is 52.7 Å². The Kier molecular flexibility index (Phi) is 5.29. The summed E-state index contributed by atoms with van der Waals surface area (Å²) in [6.07, 6.45) is -7.49. The van der Waals surface area contributed by atoms with Crippen LogP contribution in [0.15, 0.2) is 0 Å². The monoisotopic (exact) mass is 432 g/mol. The Morgan fingerprint density at radius 2 is 0.875 bits per heavy atom. The normalized spacial score (nSPS) is 16.3. The largest absolute Gasteiger partial charge is 0.524 e. The second-order valence-electron chi connectivity index (χ2n) is 3.59. The van der Waals surface area contributed by atoms with Crippen molar-refractivity contribution in [2.45, 2.75) is 28.8 Å². The van der Waals surface area contributed by atoms with Crippen molar-refractivity contribution in [1.29, 1.82) is 0 Å². The Balaban J connectivity index is 6.26. The molecule has 0 heterocycles. The number of hydrogen-bond donors (Lipinski definition) is 0. The maximum Gasteiger partial charge on any atom is 0.524 e. The lowest BCUT2D eigenvalue weighted by atomic mass is 10.1. The van der Waals surface area contributed by atoms with Gasteiger partial charge in [0.2, 0.25) is 0 Å². The fourth-order valence-electron chi connectivity index (χ4n) is 0.717. The van der Waals surface area contributed by atoms with Crippen molar-refractivity contribution in [2.24, 2.45) is 0 Å². The molecular formula is C5F12O5S2. The first-order chi connectivity index (χ1) is 9.96. The predicted octanol–water partition coefficient (Wildman–Crippen LogP) is 2.61. The molecule has 0 unspecified atom stereocenters. The van der Waals surface area contributed by atoms with Gasteiger partial charge in [-0.25, -0.2) is 0 Å². The Bertz CT molecular complexity index is 682. The van der Waals surface area contributed by atoms with Crippen LogP contribution < -0.4 is 0 Å². The molecule has 0 saturated heterocycles. The van der Waals surface area contributed by atoms with E-state index < -0.39 is 49.0 Å². The van der Waals surface area contributed by atoms with Crippen LogP contribution in [0.25, 0.3) is 0 Å². The predicted molar refractivity (Wildman–Crippen MR) is 45.9 cm³/mol. The van der Waals surface area contributed by atoms with Crippen LogP contribution in [0.2, 0.25) is 0 Å². The minimum Gasteiger partial charge on any atom is -0.192 e. The van der Waals surface area contributed by atoms with Crippen LogP contribution >= 0.6 is 0 Å².